The summed E-state index contributed by atoms with van der Waals surface area (Å²) in [4.78, 5) is 38.5. The van der Waals surface area contributed by atoms with Gasteiger partial charge in [0.2, 0.25) is 0 Å². The molecule has 12 aliphatic rings. The van der Waals surface area contributed by atoms with Crippen LogP contribution in [0.4, 0.5) is 11.4 Å². The fraction of sp³-hybridized carbons (Fsp3) is 0.689. The van der Waals surface area contributed by atoms with Crippen LogP contribution < -0.4 is 9.80 Å². The van der Waals surface area contributed by atoms with Gasteiger partial charge < -0.3 is 19.3 Å². The number of carbonyl (C=O) groups is 2. The molecule has 10 fully saturated rings. The lowest BCUT2D eigenvalue weighted by molar-refractivity contribution is -0.175. The molecule has 280 valence electrons. The number of likely N-dealkylation sites (N-methyl/N-ethyl adjacent to an activating group) is 2. The zero-order valence-corrected chi connectivity index (χ0v) is 32.2. The van der Waals surface area contributed by atoms with Crippen molar-refractivity contribution >= 4 is 23.3 Å². The lowest BCUT2D eigenvalue weighted by Crippen LogP contribution is -2.78. The van der Waals surface area contributed by atoms with Gasteiger partial charge in [-0.3, -0.25) is 19.4 Å². The maximum Gasteiger partial charge on any atom is 0.311 e. The highest BCUT2D eigenvalue weighted by atomic mass is 16.5. The van der Waals surface area contributed by atoms with Crippen LogP contribution in [-0.2, 0) is 36.3 Å². The van der Waals surface area contributed by atoms with Gasteiger partial charge in [-0.2, -0.15) is 0 Å². The van der Waals surface area contributed by atoms with E-state index in [0.29, 0.717) is 12.1 Å². The Morgan fingerprint density at radius 3 is 1.51 bits per heavy atom. The molecule has 53 heavy (non-hydrogen) atoms. The maximum absolute atomic E-state index is 13.8. The summed E-state index contributed by atoms with van der Waals surface area (Å²) < 4.78 is 11.3. The van der Waals surface area contributed by atoms with Gasteiger partial charge in [0.05, 0.1) is 37.1 Å². The summed E-state index contributed by atoms with van der Waals surface area (Å²) in [5, 5.41) is 0. The minimum absolute atomic E-state index is 0.00198. The number of benzene rings is 2. The van der Waals surface area contributed by atoms with Gasteiger partial charge in [0, 0.05) is 48.4 Å². The molecule has 2 aromatic carbocycles. The minimum Gasteiger partial charge on any atom is -0.469 e. The molecule has 10 atom stereocenters. The summed E-state index contributed by atoms with van der Waals surface area (Å²) in [5.74, 6) is -0.181. The SMILES string of the molecule is COC(=O)C1C[C@@]23CCCN4CC[C@@]5(c6cc(Cc7ccc8c(c7)[C@]79CCN%10CCC[C@]%11(CC[C@]7([C@@H](C(=O)OC)C%11)N8C)[C@H]%109)ccc6N(C)[C@]15CC2)[C@@H]43. The van der Waals surface area contributed by atoms with E-state index < -0.39 is 0 Å². The fourth-order valence-electron chi connectivity index (χ4n) is 17.8. The molecule has 14 rings (SSSR count). The van der Waals surface area contributed by atoms with Gasteiger partial charge >= 0.3 is 11.9 Å². The quantitative estimate of drug-likeness (QED) is 0.368. The Labute approximate surface area is 314 Å². The standard InChI is InChI=1S/C45H56N4O4/c1-46-34-9-7-28(24-30(34)42-17-21-48-19-5-11-40(38(42)48)13-15-44(42,46)32(26-40)36(50)52-3)23-29-8-10-35-31(25-29)43-18-22-49-20-6-12-41(39(43)49)14-16-45(43,47(35)2)33(27-41)37(51)53-4/h7-10,24-25,32-33,38-39H,5-6,11-23,26-27H2,1-4H3/t32-,33?,38+,39+,40-,41-,42+,43-,44-,45-/m1/s1. The summed E-state index contributed by atoms with van der Waals surface area (Å²) in [5.41, 5.74) is 8.26. The number of esters is 2. The van der Waals surface area contributed by atoms with E-state index in [9.17, 15) is 9.59 Å². The smallest absolute Gasteiger partial charge is 0.311 e. The van der Waals surface area contributed by atoms with E-state index in [-0.39, 0.29) is 56.5 Å². The molecule has 1 unspecified atom stereocenters. The molecular weight excluding hydrogens is 661 g/mol. The maximum atomic E-state index is 13.8. The third-order valence-corrected chi connectivity index (χ3v) is 19.0. The molecule has 6 spiro atoms. The van der Waals surface area contributed by atoms with Crippen molar-refractivity contribution < 1.29 is 19.1 Å². The van der Waals surface area contributed by atoms with Crippen LogP contribution in [0.2, 0.25) is 0 Å². The number of rotatable bonds is 4. The van der Waals surface area contributed by atoms with Crippen molar-refractivity contribution in [3.63, 3.8) is 0 Å². The van der Waals surface area contributed by atoms with Crippen LogP contribution in [0, 0.1) is 22.7 Å². The van der Waals surface area contributed by atoms with Crippen LogP contribution >= 0.6 is 0 Å². The van der Waals surface area contributed by atoms with Gasteiger partial charge in [-0.05, 0) is 155 Å². The van der Waals surface area contributed by atoms with Crippen LogP contribution in [0.3, 0.4) is 0 Å². The van der Waals surface area contributed by atoms with Crippen molar-refractivity contribution in [3.05, 3.63) is 58.7 Å². The van der Waals surface area contributed by atoms with Crippen LogP contribution in [0.25, 0.3) is 0 Å². The number of methoxy groups -OCH3 is 2. The number of piperidine rings is 2. The van der Waals surface area contributed by atoms with E-state index >= 15 is 0 Å². The third kappa shape index (κ3) is 3.22. The normalized spacial score (nSPS) is 45.0. The van der Waals surface area contributed by atoms with Crippen molar-refractivity contribution in [1.82, 2.24) is 9.80 Å². The molecule has 2 aromatic rings. The summed E-state index contributed by atoms with van der Waals surface area (Å²) in [6, 6.07) is 15.7. The largest absolute Gasteiger partial charge is 0.469 e. The van der Waals surface area contributed by atoms with E-state index in [4.69, 9.17) is 9.47 Å². The van der Waals surface area contributed by atoms with Gasteiger partial charge in [0.15, 0.2) is 0 Å². The van der Waals surface area contributed by atoms with E-state index in [1.54, 1.807) is 14.2 Å². The fourth-order valence-corrected chi connectivity index (χ4v) is 17.8. The number of hydrogen-bond acceptors (Lipinski definition) is 8. The Balaban J connectivity index is 0.974. The van der Waals surface area contributed by atoms with Gasteiger partial charge in [-0.25, -0.2) is 0 Å². The average molecular weight is 717 g/mol. The molecule has 0 N–H and O–H groups in total. The second-order valence-corrected chi connectivity index (χ2v) is 19.7. The first-order valence-corrected chi connectivity index (χ1v) is 21.0. The number of carbonyl (C=O) groups excluding carboxylic acids is 2. The Morgan fingerprint density at radius 2 is 1.08 bits per heavy atom. The lowest BCUT2D eigenvalue weighted by Gasteiger charge is -2.70. The summed E-state index contributed by atoms with van der Waals surface area (Å²) in [7, 11) is 7.79. The first kappa shape index (κ1) is 32.2. The Hall–Kier alpha value is -3.10. The first-order chi connectivity index (χ1) is 25.7. The molecule has 4 saturated heterocycles. The summed E-state index contributed by atoms with van der Waals surface area (Å²) in [6.07, 6.45) is 14.6. The highest BCUT2D eigenvalue weighted by Crippen LogP contribution is 2.77. The Morgan fingerprint density at radius 1 is 0.623 bits per heavy atom. The second kappa shape index (κ2) is 10.0. The van der Waals surface area contributed by atoms with Crippen LogP contribution in [0.5, 0.6) is 0 Å². The van der Waals surface area contributed by atoms with Crippen molar-refractivity contribution in [3.8, 4) is 0 Å². The molecular formula is C45H56N4O4. The van der Waals surface area contributed by atoms with Crippen LogP contribution in [0.1, 0.15) is 99.3 Å². The zero-order valence-electron chi connectivity index (χ0n) is 32.2. The third-order valence-electron chi connectivity index (χ3n) is 19.0. The molecule has 8 nitrogen and oxygen atoms in total. The number of anilines is 2. The molecule has 6 saturated carbocycles. The molecule has 6 aliphatic heterocycles. The predicted octanol–water partition coefficient (Wildman–Crippen LogP) is 5.81. The summed E-state index contributed by atoms with van der Waals surface area (Å²) >= 11 is 0. The molecule has 4 bridgehead atoms. The molecule has 8 heteroatoms. The van der Waals surface area contributed by atoms with E-state index in [2.05, 4.69) is 70.1 Å². The average Bonchev–Trinajstić information content (AvgIpc) is 3.91. The monoisotopic (exact) mass is 716 g/mol. The van der Waals surface area contributed by atoms with Gasteiger partial charge in [-0.1, -0.05) is 24.3 Å². The summed E-state index contributed by atoms with van der Waals surface area (Å²) in [6.45, 7) is 4.65. The minimum atomic E-state index is -0.230. The van der Waals surface area contributed by atoms with Crippen molar-refractivity contribution in [2.75, 3.05) is 64.3 Å². The van der Waals surface area contributed by atoms with Crippen LogP contribution in [0.15, 0.2) is 36.4 Å². The zero-order chi connectivity index (χ0) is 35.9. The van der Waals surface area contributed by atoms with E-state index in [0.717, 1.165) is 58.0 Å². The molecule has 6 heterocycles. The second-order valence-electron chi connectivity index (χ2n) is 19.7. The highest BCUT2D eigenvalue weighted by molar-refractivity contribution is 5.83. The molecule has 0 aromatic heterocycles. The number of fused-ring (bicyclic) bond motifs is 6. The number of hydrogen-bond donors (Lipinski definition) is 0. The molecule has 0 radical (unpaired) electrons. The van der Waals surface area contributed by atoms with E-state index in [1.807, 2.05) is 0 Å². The van der Waals surface area contributed by atoms with Crippen molar-refractivity contribution in [2.45, 2.75) is 117 Å². The lowest BCUT2D eigenvalue weighted by atomic mass is 9.38. The topological polar surface area (TPSA) is 65.6 Å². The number of nitrogens with zero attached hydrogens (tertiary/aromatic N) is 4. The number of ether oxygens (including phenoxy) is 2. The van der Waals surface area contributed by atoms with Gasteiger partial charge in [0.1, 0.15) is 0 Å². The highest BCUT2D eigenvalue weighted by Gasteiger charge is 2.82. The Kier molecular flexibility index (Phi) is 6.07. The van der Waals surface area contributed by atoms with Gasteiger partial charge in [0.25, 0.3) is 0 Å². The van der Waals surface area contributed by atoms with Gasteiger partial charge in [-0.15, -0.1) is 0 Å². The predicted molar refractivity (Wildman–Crippen MR) is 203 cm³/mol. The van der Waals surface area contributed by atoms with Crippen LogP contribution in [-0.4, -0.2) is 99.4 Å². The van der Waals surface area contributed by atoms with Crippen molar-refractivity contribution in [1.29, 1.82) is 0 Å². The Bertz CT molecular complexity index is 1860. The molecule has 0 amide bonds. The van der Waals surface area contributed by atoms with Crippen molar-refractivity contribution in [2.24, 2.45) is 22.7 Å². The van der Waals surface area contributed by atoms with E-state index in [1.165, 1.54) is 85.2 Å². The first-order valence-electron chi connectivity index (χ1n) is 21.0. The molecule has 6 aliphatic carbocycles.